The van der Waals surface area contributed by atoms with Gasteiger partial charge in [0.2, 0.25) is 5.91 Å². The molecular weight excluding hydrogens is 300 g/mol. The second-order valence-electron chi connectivity index (χ2n) is 7.32. The van der Waals surface area contributed by atoms with Crippen LogP contribution in [0.4, 0.5) is 0 Å². The van der Waals surface area contributed by atoms with Crippen molar-refractivity contribution in [3.63, 3.8) is 0 Å². The van der Waals surface area contributed by atoms with Crippen LogP contribution in [0.1, 0.15) is 37.9 Å². The van der Waals surface area contributed by atoms with Crippen LogP contribution in [0.3, 0.4) is 0 Å². The third-order valence-electron chi connectivity index (χ3n) is 6.24. The zero-order valence-electron chi connectivity index (χ0n) is 14.6. The molecule has 2 unspecified atom stereocenters. The molecule has 2 atom stereocenters. The number of aromatic nitrogens is 1. The first-order valence-electron chi connectivity index (χ1n) is 8.89. The number of nitrogens with zero attached hydrogens (tertiary/aromatic N) is 2. The minimum absolute atomic E-state index is 0.109. The number of aryl methyl sites for hydroxylation is 2. The fourth-order valence-corrected chi connectivity index (χ4v) is 4.78. The van der Waals surface area contributed by atoms with Gasteiger partial charge < -0.3 is 9.47 Å². The molecule has 4 rings (SSSR count). The van der Waals surface area contributed by atoms with Crippen molar-refractivity contribution < 1.29 is 9.59 Å². The molecule has 1 amide bonds. The van der Waals surface area contributed by atoms with Crippen LogP contribution in [0.25, 0.3) is 10.9 Å². The predicted molar refractivity (Wildman–Crippen MR) is 94.0 cm³/mol. The van der Waals surface area contributed by atoms with E-state index in [1.807, 2.05) is 20.9 Å². The summed E-state index contributed by atoms with van der Waals surface area (Å²) < 4.78 is 2.30. The van der Waals surface area contributed by atoms with Crippen LogP contribution < -0.4 is 0 Å². The number of rotatable bonds is 2. The molecule has 0 radical (unpaired) electrons. The van der Waals surface area contributed by atoms with Crippen molar-refractivity contribution in [1.82, 2.24) is 9.47 Å². The zero-order chi connectivity index (χ0) is 17.1. The normalized spacial score (nSPS) is 25.6. The first kappa shape index (κ1) is 15.4. The van der Waals surface area contributed by atoms with E-state index in [-0.39, 0.29) is 17.6 Å². The van der Waals surface area contributed by atoms with Crippen molar-refractivity contribution in [1.29, 1.82) is 0 Å². The summed E-state index contributed by atoms with van der Waals surface area (Å²) in [6.45, 7) is 5.48. The molecule has 126 valence electrons. The maximum atomic E-state index is 13.0. The highest BCUT2D eigenvalue weighted by Crippen LogP contribution is 2.49. The maximum absolute atomic E-state index is 13.0. The van der Waals surface area contributed by atoms with Gasteiger partial charge in [0.15, 0.2) is 0 Å². The van der Waals surface area contributed by atoms with Gasteiger partial charge in [0.25, 0.3) is 0 Å². The standard InChI is InChI=1S/C20H24N2O2/c1-4-21(3)19(24)15-11-12-22-16-8-6-5-7-13(16)14-9-10-17(23)20(15,2)18(14)22/h5-8,15H,4,9-12H2,1-3H3. The Labute approximate surface area is 142 Å². The Bertz CT molecular complexity index is 818. The molecule has 0 saturated heterocycles. The molecule has 0 fully saturated rings. The maximum Gasteiger partial charge on any atom is 0.226 e. The van der Waals surface area contributed by atoms with Crippen LogP contribution in [-0.4, -0.2) is 34.7 Å². The highest BCUT2D eigenvalue weighted by molar-refractivity contribution is 6.01. The summed E-state index contributed by atoms with van der Waals surface area (Å²) in [5.74, 6) is 0.0881. The number of amides is 1. The molecule has 2 aliphatic rings. The van der Waals surface area contributed by atoms with Crippen molar-refractivity contribution in [2.45, 2.75) is 45.1 Å². The molecule has 2 aromatic rings. The number of carbonyl (C=O) groups is 2. The second kappa shape index (κ2) is 5.20. The molecule has 0 N–H and O–H groups in total. The second-order valence-corrected chi connectivity index (χ2v) is 7.32. The lowest BCUT2D eigenvalue weighted by Crippen LogP contribution is -2.53. The summed E-state index contributed by atoms with van der Waals surface area (Å²) in [6.07, 6.45) is 2.06. The quantitative estimate of drug-likeness (QED) is 0.852. The molecule has 0 saturated carbocycles. The van der Waals surface area contributed by atoms with Crippen molar-refractivity contribution in [3.05, 3.63) is 35.5 Å². The summed E-state index contributed by atoms with van der Waals surface area (Å²) >= 11 is 0. The SMILES string of the molecule is CCN(C)C(=O)C1CCn2c3c(c4ccccc42)CCC(=O)C31C. The number of Topliss-reactive ketones (excluding diaryl/α,β-unsaturated/α-hetero) is 1. The number of fused-ring (bicyclic) bond motifs is 3. The lowest BCUT2D eigenvalue weighted by Gasteiger charge is -2.44. The number of hydrogen-bond donors (Lipinski definition) is 0. The molecule has 0 spiro atoms. The lowest BCUT2D eigenvalue weighted by molar-refractivity contribution is -0.143. The zero-order valence-corrected chi connectivity index (χ0v) is 14.6. The Balaban J connectivity index is 1.96. The first-order valence-corrected chi connectivity index (χ1v) is 8.89. The van der Waals surface area contributed by atoms with E-state index in [9.17, 15) is 9.59 Å². The van der Waals surface area contributed by atoms with E-state index in [0.717, 1.165) is 25.1 Å². The highest BCUT2D eigenvalue weighted by atomic mass is 16.2. The van der Waals surface area contributed by atoms with Crippen LogP contribution >= 0.6 is 0 Å². The van der Waals surface area contributed by atoms with E-state index >= 15 is 0 Å². The molecule has 1 aliphatic carbocycles. The average molecular weight is 324 g/mol. The van der Waals surface area contributed by atoms with Crippen LogP contribution in [0.2, 0.25) is 0 Å². The Morgan fingerprint density at radius 1 is 1.33 bits per heavy atom. The Hall–Kier alpha value is -2.10. The van der Waals surface area contributed by atoms with E-state index in [1.54, 1.807) is 4.90 Å². The fraction of sp³-hybridized carbons (Fsp3) is 0.500. The van der Waals surface area contributed by atoms with Crippen molar-refractivity contribution >= 4 is 22.6 Å². The highest BCUT2D eigenvalue weighted by Gasteiger charge is 2.53. The molecule has 0 bridgehead atoms. The molecule has 4 heteroatoms. The van der Waals surface area contributed by atoms with Gasteiger partial charge in [0.1, 0.15) is 5.78 Å². The van der Waals surface area contributed by atoms with Crippen molar-refractivity contribution in [2.75, 3.05) is 13.6 Å². The van der Waals surface area contributed by atoms with Gasteiger partial charge in [-0.3, -0.25) is 9.59 Å². The molecule has 4 nitrogen and oxygen atoms in total. The van der Waals surface area contributed by atoms with Crippen LogP contribution in [0.5, 0.6) is 0 Å². The Morgan fingerprint density at radius 2 is 2.08 bits per heavy atom. The summed E-state index contributed by atoms with van der Waals surface area (Å²) in [7, 11) is 1.84. The smallest absolute Gasteiger partial charge is 0.226 e. The molecule has 1 aromatic carbocycles. The van der Waals surface area contributed by atoms with E-state index in [4.69, 9.17) is 0 Å². The summed E-state index contributed by atoms with van der Waals surface area (Å²) in [5.41, 5.74) is 2.90. The summed E-state index contributed by atoms with van der Waals surface area (Å²) in [6, 6.07) is 8.41. The molecule has 24 heavy (non-hydrogen) atoms. The number of benzene rings is 1. The lowest BCUT2D eigenvalue weighted by atomic mass is 9.63. The van der Waals surface area contributed by atoms with Gasteiger partial charge >= 0.3 is 0 Å². The van der Waals surface area contributed by atoms with Gasteiger partial charge in [0, 0.05) is 43.2 Å². The van der Waals surface area contributed by atoms with Gasteiger partial charge in [-0.1, -0.05) is 18.2 Å². The van der Waals surface area contributed by atoms with Crippen molar-refractivity contribution in [2.24, 2.45) is 5.92 Å². The predicted octanol–water partition coefficient (Wildman–Crippen LogP) is 2.91. The molecular formula is C20H24N2O2. The van der Waals surface area contributed by atoms with E-state index in [1.165, 1.54) is 16.5 Å². The van der Waals surface area contributed by atoms with E-state index in [0.29, 0.717) is 13.0 Å². The minimum Gasteiger partial charge on any atom is -0.346 e. The Morgan fingerprint density at radius 3 is 2.83 bits per heavy atom. The van der Waals surface area contributed by atoms with Crippen LogP contribution in [0, 0.1) is 5.92 Å². The van der Waals surface area contributed by atoms with Gasteiger partial charge in [-0.2, -0.15) is 0 Å². The largest absolute Gasteiger partial charge is 0.346 e. The molecule has 1 aliphatic heterocycles. The number of hydrogen-bond acceptors (Lipinski definition) is 2. The average Bonchev–Trinajstić information content (AvgIpc) is 2.93. The third-order valence-corrected chi connectivity index (χ3v) is 6.24. The first-order chi connectivity index (χ1) is 11.5. The van der Waals surface area contributed by atoms with Gasteiger partial charge in [-0.15, -0.1) is 0 Å². The third kappa shape index (κ3) is 1.80. The monoisotopic (exact) mass is 324 g/mol. The number of carbonyl (C=O) groups excluding carboxylic acids is 2. The van der Waals surface area contributed by atoms with Gasteiger partial charge in [0.05, 0.1) is 11.3 Å². The Kier molecular flexibility index (Phi) is 3.34. The summed E-state index contributed by atoms with van der Waals surface area (Å²) in [4.78, 5) is 27.7. The van der Waals surface area contributed by atoms with Gasteiger partial charge in [-0.05, 0) is 38.3 Å². The fourth-order valence-electron chi connectivity index (χ4n) is 4.78. The van der Waals surface area contributed by atoms with Crippen molar-refractivity contribution in [3.8, 4) is 0 Å². The van der Waals surface area contributed by atoms with Crippen LogP contribution in [-0.2, 0) is 28.0 Å². The van der Waals surface area contributed by atoms with Gasteiger partial charge in [-0.25, -0.2) is 0 Å². The van der Waals surface area contributed by atoms with Crippen LogP contribution in [0.15, 0.2) is 24.3 Å². The summed E-state index contributed by atoms with van der Waals surface area (Å²) in [5, 5.41) is 1.25. The number of para-hydroxylation sites is 1. The minimum atomic E-state index is -0.689. The topological polar surface area (TPSA) is 42.3 Å². The molecule has 2 heterocycles. The van der Waals surface area contributed by atoms with E-state index in [2.05, 4.69) is 28.8 Å². The number of ketones is 1. The molecule has 1 aromatic heterocycles. The van der Waals surface area contributed by atoms with E-state index < -0.39 is 5.41 Å².